The number of nitrogens with one attached hydrogen (secondary N) is 1. The van der Waals surface area contributed by atoms with E-state index in [9.17, 15) is 22.8 Å². The summed E-state index contributed by atoms with van der Waals surface area (Å²) in [6.07, 6.45) is -4.60. The Hall–Kier alpha value is -3.65. The Morgan fingerprint density at radius 2 is 1.31 bits per heavy atom. The number of piperazine rings is 1. The van der Waals surface area contributed by atoms with Crippen molar-refractivity contribution in [1.82, 2.24) is 15.1 Å². The Kier molecular flexibility index (Phi) is 7.51. The fourth-order valence-corrected chi connectivity index (χ4v) is 4.12. The Morgan fingerprint density at radius 3 is 1.97 bits per heavy atom. The molecule has 182 valence electrons. The summed E-state index contributed by atoms with van der Waals surface area (Å²) in [7, 11) is 0. The van der Waals surface area contributed by atoms with Gasteiger partial charge in [-0.15, -0.1) is 0 Å². The zero-order valence-electron chi connectivity index (χ0n) is 19.1. The van der Waals surface area contributed by atoms with Crippen LogP contribution in [0.3, 0.4) is 0 Å². The molecule has 0 aromatic heterocycles. The number of amides is 2. The van der Waals surface area contributed by atoms with Crippen LogP contribution in [0.1, 0.15) is 21.5 Å². The molecule has 1 heterocycles. The summed E-state index contributed by atoms with van der Waals surface area (Å²) in [6.45, 7) is 1.63. The topological polar surface area (TPSA) is 52.7 Å². The zero-order chi connectivity index (χ0) is 24.8. The highest BCUT2D eigenvalue weighted by Crippen LogP contribution is 2.32. The molecule has 0 aliphatic carbocycles. The van der Waals surface area contributed by atoms with Gasteiger partial charge in [0.05, 0.1) is 17.7 Å². The lowest BCUT2D eigenvalue weighted by Crippen LogP contribution is -2.52. The first kappa shape index (κ1) is 24.5. The van der Waals surface area contributed by atoms with Gasteiger partial charge in [0.15, 0.2) is 0 Å². The summed E-state index contributed by atoms with van der Waals surface area (Å²) in [5.41, 5.74) is 2.01. The molecule has 5 nitrogen and oxygen atoms in total. The van der Waals surface area contributed by atoms with E-state index in [0.29, 0.717) is 6.54 Å². The van der Waals surface area contributed by atoms with Crippen molar-refractivity contribution in [1.29, 1.82) is 0 Å². The lowest BCUT2D eigenvalue weighted by Gasteiger charge is -2.35. The van der Waals surface area contributed by atoms with Crippen molar-refractivity contribution < 1.29 is 22.8 Å². The molecular weight excluding hydrogens is 455 g/mol. The normalized spacial score (nSPS) is 14.1. The average Bonchev–Trinajstić information content (AvgIpc) is 2.89. The summed E-state index contributed by atoms with van der Waals surface area (Å²) in [6, 6.07) is 23.0. The number of carbonyl (C=O) groups excluding carboxylic acids is 2. The van der Waals surface area contributed by atoms with E-state index in [-0.39, 0.29) is 44.2 Å². The minimum absolute atomic E-state index is 0.103. The second-order valence-corrected chi connectivity index (χ2v) is 8.38. The standard InChI is InChI=1S/C27H26F3N3O2/c28-27(29,30)24-9-5-4-8-23(24)26(35)33-16-14-32(15-17-33)25(34)19-31-18-20-10-12-22(13-11-20)21-6-2-1-3-7-21/h1-13,31H,14-19H2. The third-order valence-corrected chi connectivity index (χ3v) is 6.05. The van der Waals surface area contributed by atoms with Crippen LogP contribution in [-0.4, -0.2) is 54.3 Å². The van der Waals surface area contributed by atoms with E-state index >= 15 is 0 Å². The summed E-state index contributed by atoms with van der Waals surface area (Å²) >= 11 is 0. The molecule has 0 atom stereocenters. The second-order valence-electron chi connectivity index (χ2n) is 8.38. The van der Waals surface area contributed by atoms with Gasteiger partial charge in [0, 0.05) is 32.7 Å². The van der Waals surface area contributed by atoms with Gasteiger partial charge in [-0.1, -0.05) is 66.7 Å². The van der Waals surface area contributed by atoms with Crippen LogP contribution in [0, 0.1) is 0 Å². The molecule has 8 heteroatoms. The van der Waals surface area contributed by atoms with Gasteiger partial charge in [-0.3, -0.25) is 9.59 Å². The van der Waals surface area contributed by atoms with Crippen LogP contribution in [0.25, 0.3) is 11.1 Å². The second kappa shape index (κ2) is 10.7. The Morgan fingerprint density at radius 1 is 0.743 bits per heavy atom. The van der Waals surface area contributed by atoms with Crippen LogP contribution < -0.4 is 5.32 Å². The highest BCUT2D eigenvalue weighted by molar-refractivity contribution is 5.96. The van der Waals surface area contributed by atoms with E-state index in [1.54, 1.807) is 4.90 Å². The van der Waals surface area contributed by atoms with Crippen molar-refractivity contribution in [3.63, 3.8) is 0 Å². The average molecular weight is 482 g/mol. The molecule has 0 spiro atoms. The number of alkyl halides is 3. The number of hydrogen-bond acceptors (Lipinski definition) is 3. The van der Waals surface area contributed by atoms with E-state index in [1.165, 1.54) is 23.1 Å². The molecule has 1 N–H and O–H groups in total. The third kappa shape index (κ3) is 6.08. The quantitative estimate of drug-likeness (QED) is 0.566. The molecule has 1 aliphatic heterocycles. The van der Waals surface area contributed by atoms with Crippen molar-refractivity contribution >= 4 is 11.8 Å². The van der Waals surface area contributed by atoms with Gasteiger partial charge in [0.2, 0.25) is 5.91 Å². The van der Waals surface area contributed by atoms with Crippen LogP contribution in [0.15, 0.2) is 78.9 Å². The van der Waals surface area contributed by atoms with Gasteiger partial charge in [-0.25, -0.2) is 0 Å². The van der Waals surface area contributed by atoms with Crippen molar-refractivity contribution in [3.05, 3.63) is 95.6 Å². The Balaban J connectivity index is 1.24. The molecule has 1 aliphatic rings. The van der Waals surface area contributed by atoms with E-state index < -0.39 is 17.6 Å². The summed E-state index contributed by atoms with van der Waals surface area (Å²) < 4.78 is 39.8. The highest BCUT2D eigenvalue weighted by atomic mass is 19.4. The zero-order valence-corrected chi connectivity index (χ0v) is 19.1. The van der Waals surface area contributed by atoms with Crippen LogP contribution in [0.4, 0.5) is 13.2 Å². The monoisotopic (exact) mass is 481 g/mol. The fourth-order valence-electron chi connectivity index (χ4n) is 4.12. The lowest BCUT2D eigenvalue weighted by atomic mass is 10.0. The fraction of sp³-hybridized carbons (Fsp3) is 0.259. The number of carbonyl (C=O) groups is 2. The van der Waals surface area contributed by atoms with E-state index in [0.717, 1.165) is 22.8 Å². The van der Waals surface area contributed by atoms with E-state index in [2.05, 4.69) is 5.32 Å². The first-order valence-electron chi connectivity index (χ1n) is 11.4. The van der Waals surface area contributed by atoms with E-state index in [1.807, 2.05) is 54.6 Å². The van der Waals surface area contributed by atoms with Crippen molar-refractivity contribution in [2.75, 3.05) is 32.7 Å². The van der Waals surface area contributed by atoms with Gasteiger partial charge in [-0.05, 0) is 28.8 Å². The Labute approximate surface area is 202 Å². The molecule has 4 rings (SSSR count). The molecule has 0 unspecified atom stereocenters. The summed E-state index contributed by atoms with van der Waals surface area (Å²) in [5.74, 6) is -0.768. The van der Waals surface area contributed by atoms with Gasteiger partial charge in [-0.2, -0.15) is 13.2 Å². The SMILES string of the molecule is O=C(CNCc1ccc(-c2ccccc2)cc1)N1CCN(C(=O)c2ccccc2C(F)(F)F)CC1. The maximum absolute atomic E-state index is 13.3. The number of halogens is 3. The molecule has 35 heavy (non-hydrogen) atoms. The Bertz CT molecular complexity index is 1160. The highest BCUT2D eigenvalue weighted by Gasteiger charge is 2.36. The minimum Gasteiger partial charge on any atom is -0.338 e. The number of nitrogens with zero attached hydrogens (tertiary/aromatic N) is 2. The number of benzene rings is 3. The van der Waals surface area contributed by atoms with Crippen molar-refractivity contribution in [2.45, 2.75) is 12.7 Å². The molecule has 3 aromatic carbocycles. The molecule has 3 aromatic rings. The van der Waals surface area contributed by atoms with Crippen molar-refractivity contribution in [2.24, 2.45) is 0 Å². The van der Waals surface area contributed by atoms with Crippen LogP contribution in [0.5, 0.6) is 0 Å². The maximum atomic E-state index is 13.3. The smallest absolute Gasteiger partial charge is 0.338 e. The van der Waals surface area contributed by atoms with Gasteiger partial charge in [0.1, 0.15) is 0 Å². The molecule has 1 saturated heterocycles. The molecule has 1 fully saturated rings. The summed E-state index contributed by atoms with van der Waals surface area (Å²) in [5, 5.41) is 3.15. The number of hydrogen-bond donors (Lipinski definition) is 1. The minimum atomic E-state index is -4.60. The molecule has 0 bridgehead atoms. The molecule has 0 saturated carbocycles. The van der Waals surface area contributed by atoms with Crippen molar-refractivity contribution in [3.8, 4) is 11.1 Å². The predicted molar refractivity (Wildman–Crippen MR) is 128 cm³/mol. The summed E-state index contributed by atoms with van der Waals surface area (Å²) in [4.78, 5) is 28.3. The van der Waals surface area contributed by atoms with Gasteiger partial charge in [0.25, 0.3) is 5.91 Å². The predicted octanol–water partition coefficient (Wildman–Crippen LogP) is 4.45. The lowest BCUT2D eigenvalue weighted by molar-refractivity contribution is -0.138. The first-order valence-corrected chi connectivity index (χ1v) is 11.4. The maximum Gasteiger partial charge on any atom is 0.417 e. The molecular formula is C27H26F3N3O2. The molecule has 2 amide bonds. The molecule has 0 radical (unpaired) electrons. The van der Waals surface area contributed by atoms with Gasteiger partial charge < -0.3 is 15.1 Å². The van der Waals surface area contributed by atoms with Crippen LogP contribution in [-0.2, 0) is 17.5 Å². The first-order chi connectivity index (χ1) is 16.8. The number of rotatable bonds is 6. The van der Waals surface area contributed by atoms with E-state index in [4.69, 9.17) is 0 Å². The van der Waals surface area contributed by atoms with Crippen LogP contribution >= 0.6 is 0 Å². The van der Waals surface area contributed by atoms with Gasteiger partial charge >= 0.3 is 6.18 Å². The largest absolute Gasteiger partial charge is 0.417 e. The third-order valence-electron chi connectivity index (χ3n) is 6.05. The van der Waals surface area contributed by atoms with Crippen LogP contribution in [0.2, 0.25) is 0 Å².